The summed E-state index contributed by atoms with van der Waals surface area (Å²) in [5.41, 5.74) is 6.04. The number of aromatic amines is 1. The lowest BCUT2D eigenvalue weighted by Crippen LogP contribution is -2.18. The first-order chi connectivity index (χ1) is 9.13. The van der Waals surface area contributed by atoms with Gasteiger partial charge in [0.15, 0.2) is 5.84 Å². The molecule has 19 heavy (non-hydrogen) atoms. The van der Waals surface area contributed by atoms with Crippen molar-refractivity contribution >= 4 is 29.2 Å². The van der Waals surface area contributed by atoms with E-state index in [1.807, 2.05) is 0 Å². The van der Waals surface area contributed by atoms with E-state index in [1.165, 1.54) is 6.20 Å². The smallest absolute Gasteiger partial charge is 0.258 e. The highest BCUT2D eigenvalue weighted by atomic mass is 35.5. The summed E-state index contributed by atoms with van der Waals surface area (Å²) < 4.78 is 0. The summed E-state index contributed by atoms with van der Waals surface area (Å²) in [5.74, 6) is -0.370. The molecule has 7 nitrogen and oxygen atoms in total. The molecule has 0 aliphatic heterocycles. The van der Waals surface area contributed by atoms with Gasteiger partial charge in [0.2, 0.25) is 0 Å². The third-order valence-corrected chi connectivity index (χ3v) is 2.71. The molecule has 1 aromatic heterocycles. The molecule has 0 saturated heterocycles. The predicted octanol–water partition coefficient (Wildman–Crippen LogP) is 1.41. The molecule has 5 N–H and O–H groups in total. The van der Waals surface area contributed by atoms with Gasteiger partial charge in [-0.2, -0.15) is 5.10 Å². The minimum atomic E-state index is -0.429. The maximum absolute atomic E-state index is 12.0. The largest absolute Gasteiger partial charge is 0.409 e. The third kappa shape index (κ3) is 2.66. The number of carbonyl (C=O) groups is 1. The van der Waals surface area contributed by atoms with Gasteiger partial charge in [-0.3, -0.25) is 9.89 Å². The maximum Gasteiger partial charge on any atom is 0.258 e. The van der Waals surface area contributed by atoms with E-state index >= 15 is 0 Å². The number of halogens is 1. The zero-order chi connectivity index (χ0) is 13.8. The zero-order valence-electron chi connectivity index (χ0n) is 9.59. The Hall–Kier alpha value is -2.54. The Morgan fingerprint density at radius 1 is 1.42 bits per heavy atom. The molecule has 0 spiro atoms. The second-order valence-corrected chi connectivity index (χ2v) is 3.99. The molecule has 8 heteroatoms. The number of benzene rings is 1. The van der Waals surface area contributed by atoms with Crippen molar-refractivity contribution in [2.75, 3.05) is 5.32 Å². The van der Waals surface area contributed by atoms with Crippen LogP contribution in [0.3, 0.4) is 0 Å². The van der Waals surface area contributed by atoms with Gasteiger partial charge >= 0.3 is 0 Å². The fraction of sp³-hybridized carbons (Fsp3) is 0. The molecule has 0 fully saturated rings. The number of carbonyl (C=O) groups excluding carboxylic acids is 1. The molecule has 2 rings (SSSR count). The Kier molecular flexibility index (Phi) is 3.67. The van der Waals surface area contributed by atoms with Crippen molar-refractivity contribution < 1.29 is 10.0 Å². The van der Waals surface area contributed by atoms with Gasteiger partial charge in [0.05, 0.1) is 22.3 Å². The van der Waals surface area contributed by atoms with E-state index < -0.39 is 5.91 Å². The SMILES string of the molecule is N/C(=N/O)c1cn[nH]c1NC(=O)c1ccccc1Cl. The lowest BCUT2D eigenvalue weighted by atomic mass is 10.2. The quantitative estimate of drug-likeness (QED) is 0.294. The number of nitrogens with one attached hydrogen (secondary N) is 2. The molecule has 0 atom stereocenters. The third-order valence-electron chi connectivity index (χ3n) is 2.38. The van der Waals surface area contributed by atoms with Gasteiger partial charge in [0, 0.05) is 0 Å². The van der Waals surface area contributed by atoms with Crippen LogP contribution in [0.2, 0.25) is 5.02 Å². The Balaban J connectivity index is 2.26. The van der Waals surface area contributed by atoms with Crippen LogP contribution in [0.4, 0.5) is 5.82 Å². The standard InChI is InChI=1S/C11H10ClN5O2/c12-8-4-2-1-3-6(8)11(18)15-10-7(5-14-16-10)9(13)17-19/h1-5,19H,(H2,13,17)(H2,14,15,16,18). The van der Waals surface area contributed by atoms with Crippen LogP contribution in [0.1, 0.15) is 15.9 Å². The van der Waals surface area contributed by atoms with Crippen molar-refractivity contribution in [1.29, 1.82) is 0 Å². The summed E-state index contributed by atoms with van der Waals surface area (Å²) in [5, 5.41) is 20.6. The number of H-pyrrole nitrogens is 1. The first-order valence-electron chi connectivity index (χ1n) is 5.20. The van der Waals surface area contributed by atoms with Crippen molar-refractivity contribution in [1.82, 2.24) is 10.2 Å². The number of amides is 1. The number of anilines is 1. The number of amidine groups is 1. The molecule has 2 aromatic rings. The van der Waals surface area contributed by atoms with Gasteiger partial charge in [0.1, 0.15) is 5.82 Å². The van der Waals surface area contributed by atoms with E-state index in [2.05, 4.69) is 20.7 Å². The molecule has 0 bridgehead atoms. The first kappa shape index (κ1) is 12.9. The molecule has 0 saturated carbocycles. The molecule has 98 valence electrons. The predicted molar refractivity (Wildman–Crippen MR) is 70.5 cm³/mol. The molecule has 0 aliphatic rings. The molecule has 1 amide bonds. The summed E-state index contributed by atoms with van der Waals surface area (Å²) in [6, 6.07) is 6.60. The molecule has 1 heterocycles. The Bertz CT molecular complexity index is 638. The van der Waals surface area contributed by atoms with Gasteiger partial charge in [-0.05, 0) is 12.1 Å². The van der Waals surface area contributed by atoms with Crippen LogP contribution >= 0.6 is 11.6 Å². The second-order valence-electron chi connectivity index (χ2n) is 3.58. The minimum absolute atomic E-state index is 0.164. The monoisotopic (exact) mass is 279 g/mol. The van der Waals surface area contributed by atoms with E-state index in [9.17, 15) is 4.79 Å². The van der Waals surface area contributed by atoms with Crippen molar-refractivity contribution in [2.45, 2.75) is 0 Å². The van der Waals surface area contributed by atoms with Crippen LogP contribution in [0.15, 0.2) is 35.6 Å². The van der Waals surface area contributed by atoms with Gasteiger partial charge < -0.3 is 16.3 Å². The van der Waals surface area contributed by atoms with Crippen molar-refractivity contribution in [3.63, 3.8) is 0 Å². The van der Waals surface area contributed by atoms with Gasteiger partial charge in [-0.25, -0.2) is 0 Å². The van der Waals surface area contributed by atoms with Gasteiger partial charge in [-0.1, -0.05) is 28.9 Å². The summed E-state index contributed by atoms with van der Waals surface area (Å²) in [6.07, 6.45) is 1.33. The topological polar surface area (TPSA) is 116 Å². The van der Waals surface area contributed by atoms with E-state index in [0.717, 1.165) is 0 Å². The molecular weight excluding hydrogens is 270 g/mol. The normalized spacial score (nSPS) is 11.3. The van der Waals surface area contributed by atoms with E-state index in [-0.39, 0.29) is 17.2 Å². The van der Waals surface area contributed by atoms with Crippen molar-refractivity contribution in [3.05, 3.63) is 46.6 Å². The number of nitrogens with two attached hydrogens (primary N) is 1. The average Bonchev–Trinajstić information content (AvgIpc) is 2.86. The van der Waals surface area contributed by atoms with Gasteiger partial charge in [-0.15, -0.1) is 0 Å². The summed E-state index contributed by atoms with van der Waals surface area (Å²) in [6.45, 7) is 0. The van der Waals surface area contributed by atoms with Crippen LogP contribution < -0.4 is 11.1 Å². The molecular formula is C11H10ClN5O2. The minimum Gasteiger partial charge on any atom is -0.409 e. The highest BCUT2D eigenvalue weighted by Crippen LogP contribution is 2.17. The Morgan fingerprint density at radius 3 is 2.84 bits per heavy atom. The van der Waals surface area contributed by atoms with E-state index in [0.29, 0.717) is 10.6 Å². The molecule has 0 unspecified atom stereocenters. The lowest BCUT2D eigenvalue weighted by molar-refractivity contribution is 0.102. The number of hydrogen-bond donors (Lipinski definition) is 4. The fourth-order valence-corrected chi connectivity index (χ4v) is 1.68. The Labute approximate surface area is 113 Å². The zero-order valence-corrected chi connectivity index (χ0v) is 10.3. The fourth-order valence-electron chi connectivity index (χ4n) is 1.46. The van der Waals surface area contributed by atoms with Crippen LogP contribution in [0.5, 0.6) is 0 Å². The van der Waals surface area contributed by atoms with E-state index in [4.69, 9.17) is 22.5 Å². The number of oxime groups is 1. The van der Waals surface area contributed by atoms with Crippen LogP contribution in [0.25, 0.3) is 0 Å². The molecule has 0 aliphatic carbocycles. The van der Waals surface area contributed by atoms with E-state index in [1.54, 1.807) is 24.3 Å². The summed E-state index contributed by atoms with van der Waals surface area (Å²) >= 11 is 5.91. The summed E-state index contributed by atoms with van der Waals surface area (Å²) in [7, 11) is 0. The number of aromatic nitrogens is 2. The first-order valence-corrected chi connectivity index (χ1v) is 5.58. The van der Waals surface area contributed by atoms with Gasteiger partial charge in [0.25, 0.3) is 5.91 Å². The highest BCUT2D eigenvalue weighted by Gasteiger charge is 2.15. The van der Waals surface area contributed by atoms with Crippen LogP contribution in [-0.4, -0.2) is 27.1 Å². The maximum atomic E-state index is 12.0. The number of rotatable bonds is 3. The van der Waals surface area contributed by atoms with Crippen molar-refractivity contribution in [3.8, 4) is 0 Å². The summed E-state index contributed by atoms with van der Waals surface area (Å²) in [4.78, 5) is 12.0. The van der Waals surface area contributed by atoms with Crippen molar-refractivity contribution in [2.24, 2.45) is 10.9 Å². The second kappa shape index (κ2) is 5.40. The van der Waals surface area contributed by atoms with Crippen LogP contribution in [0, 0.1) is 0 Å². The molecule has 0 radical (unpaired) electrons. The number of nitrogens with zero attached hydrogens (tertiary/aromatic N) is 2. The molecule has 1 aromatic carbocycles. The Morgan fingerprint density at radius 2 is 2.16 bits per heavy atom. The number of hydrogen-bond acceptors (Lipinski definition) is 4. The average molecular weight is 280 g/mol. The lowest BCUT2D eigenvalue weighted by Gasteiger charge is -2.06. The highest BCUT2D eigenvalue weighted by molar-refractivity contribution is 6.34. The van der Waals surface area contributed by atoms with Crippen LogP contribution in [-0.2, 0) is 0 Å².